The summed E-state index contributed by atoms with van der Waals surface area (Å²) in [4.78, 5) is 0. The van der Waals surface area contributed by atoms with Crippen LogP contribution in [-0.2, 0) is 0 Å². The molecule has 13 heavy (non-hydrogen) atoms. The largest absolute Gasteiger partial charge is 0.386 e. The molecular weight excluding hydrogens is 169 g/mol. The topological polar surface area (TPSA) is 59.7 Å². The minimum absolute atomic E-state index is 0.0523. The minimum Gasteiger partial charge on any atom is -0.386 e. The molecule has 0 spiro atoms. The van der Waals surface area contributed by atoms with Gasteiger partial charge in [-0.1, -0.05) is 0 Å². The fourth-order valence-electron chi connectivity index (χ4n) is 1.09. The maximum absolute atomic E-state index is 13.0. The van der Waals surface area contributed by atoms with E-state index in [4.69, 9.17) is 10.7 Å². The highest BCUT2D eigenvalue weighted by molar-refractivity contribution is 5.88. The molecule has 0 aliphatic rings. The minimum atomic E-state index is -0.572. The van der Waals surface area contributed by atoms with Gasteiger partial charge in [-0.3, -0.25) is 0 Å². The fourth-order valence-corrected chi connectivity index (χ4v) is 1.09. The highest BCUT2D eigenvalue weighted by Gasteiger charge is 2.09. The van der Waals surface area contributed by atoms with E-state index in [0.29, 0.717) is 11.3 Å². The summed E-state index contributed by atoms with van der Waals surface area (Å²) in [5, 5.41) is 18.4. The van der Waals surface area contributed by atoms with Crippen LogP contribution >= 0.6 is 0 Å². The second-order valence-electron chi connectivity index (χ2n) is 2.39. The Morgan fingerprint density at radius 3 is 2.77 bits per heavy atom. The predicted molar refractivity (Wildman–Crippen MR) is 48.5 cm³/mol. The van der Waals surface area contributed by atoms with Gasteiger partial charge in [0.05, 0.1) is 5.69 Å². The van der Waals surface area contributed by atoms with Crippen LogP contribution in [-0.4, -0.2) is 13.3 Å². The summed E-state index contributed by atoms with van der Waals surface area (Å²) >= 11 is 0. The number of nitriles is 1. The van der Waals surface area contributed by atoms with Gasteiger partial charge in [-0.15, -0.1) is 0 Å². The number of nitrogens with one attached hydrogen (secondary N) is 2. The normalized spacial score (nSPS) is 9.00. The number of benzene rings is 1. The van der Waals surface area contributed by atoms with Crippen molar-refractivity contribution in [2.45, 2.75) is 0 Å². The van der Waals surface area contributed by atoms with E-state index in [-0.39, 0.29) is 5.56 Å². The van der Waals surface area contributed by atoms with Crippen molar-refractivity contribution in [3.63, 3.8) is 0 Å². The third-order valence-electron chi connectivity index (χ3n) is 1.70. The van der Waals surface area contributed by atoms with Crippen LogP contribution in [0.3, 0.4) is 0 Å². The maximum Gasteiger partial charge on any atom is 0.143 e. The Bertz CT molecular complexity index is 379. The van der Waals surface area contributed by atoms with Crippen molar-refractivity contribution < 1.29 is 4.39 Å². The van der Waals surface area contributed by atoms with Crippen LogP contribution in [0.5, 0.6) is 0 Å². The Kier molecular flexibility index (Phi) is 2.60. The fraction of sp³-hybridized carbons (Fsp3) is 0.111. The quantitative estimate of drug-likeness (QED) is 0.676. The van der Waals surface area contributed by atoms with Gasteiger partial charge in [-0.25, -0.2) is 4.39 Å². The summed E-state index contributed by atoms with van der Waals surface area (Å²) in [6, 6.07) is 4.38. The van der Waals surface area contributed by atoms with Gasteiger partial charge in [0.25, 0.3) is 0 Å². The molecule has 1 rings (SSSR count). The van der Waals surface area contributed by atoms with Gasteiger partial charge >= 0.3 is 0 Å². The first-order valence-electron chi connectivity index (χ1n) is 3.65. The van der Waals surface area contributed by atoms with Crippen LogP contribution in [0.1, 0.15) is 11.1 Å². The van der Waals surface area contributed by atoms with E-state index in [9.17, 15) is 4.39 Å². The van der Waals surface area contributed by atoms with Gasteiger partial charge in [0.15, 0.2) is 0 Å². The van der Waals surface area contributed by atoms with Crippen molar-refractivity contribution in [3.8, 4) is 6.07 Å². The monoisotopic (exact) mass is 177 g/mol. The van der Waals surface area contributed by atoms with Crippen LogP contribution < -0.4 is 5.32 Å². The van der Waals surface area contributed by atoms with Crippen molar-refractivity contribution in [1.82, 2.24) is 0 Å². The van der Waals surface area contributed by atoms with Crippen molar-refractivity contribution in [1.29, 1.82) is 10.7 Å². The molecule has 4 heteroatoms. The lowest BCUT2D eigenvalue weighted by Crippen LogP contribution is -2.00. The van der Waals surface area contributed by atoms with E-state index in [1.165, 1.54) is 12.1 Å². The first-order valence-corrected chi connectivity index (χ1v) is 3.65. The number of halogens is 1. The van der Waals surface area contributed by atoms with Gasteiger partial charge in [0.2, 0.25) is 0 Å². The summed E-state index contributed by atoms with van der Waals surface area (Å²) in [6.45, 7) is 0. The third kappa shape index (κ3) is 1.49. The summed E-state index contributed by atoms with van der Waals surface area (Å²) in [6.07, 6.45) is 1.08. The molecule has 1 aromatic carbocycles. The SMILES string of the molecule is CNc1c(C=N)ccc(F)c1C#N. The molecule has 0 heterocycles. The molecular formula is C9H8FN3. The molecule has 0 bridgehead atoms. The first kappa shape index (κ1) is 9.20. The van der Waals surface area contributed by atoms with Crippen molar-refractivity contribution >= 4 is 11.9 Å². The van der Waals surface area contributed by atoms with Crippen LogP contribution in [0.15, 0.2) is 12.1 Å². The lowest BCUT2D eigenvalue weighted by atomic mass is 10.1. The molecule has 0 fully saturated rings. The second kappa shape index (κ2) is 3.68. The van der Waals surface area contributed by atoms with E-state index in [1.807, 2.05) is 0 Å². The molecule has 0 aromatic heterocycles. The van der Waals surface area contributed by atoms with Gasteiger partial charge in [-0.05, 0) is 12.1 Å². The van der Waals surface area contributed by atoms with Gasteiger partial charge in [0.1, 0.15) is 17.4 Å². The molecule has 0 unspecified atom stereocenters. The molecule has 0 atom stereocenters. The van der Waals surface area contributed by atoms with Crippen LogP contribution in [0, 0.1) is 22.6 Å². The van der Waals surface area contributed by atoms with Crippen molar-refractivity contribution in [2.75, 3.05) is 12.4 Å². The number of rotatable bonds is 2. The Balaban J connectivity index is 3.47. The Labute approximate surface area is 75.3 Å². The molecule has 2 N–H and O–H groups in total. The zero-order valence-electron chi connectivity index (χ0n) is 7.06. The first-order chi connectivity index (χ1) is 6.24. The van der Waals surface area contributed by atoms with E-state index in [2.05, 4.69) is 5.32 Å². The van der Waals surface area contributed by atoms with Gasteiger partial charge in [-0.2, -0.15) is 5.26 Å². The van der Waals surface area contributed by atoms with E-state index < -0.39 is 5.82 Å². The van der Waals surface area contributed by atoms with Crippen LogP contribution in [0.2, 0.25) is 0 Å². The Morgan fingerprint density at radius 2 is 2.31 bits per heavy atom. The third-order valence-corrected chi connectivity index (χ3v) is 1.70. The summed E-state index contributed by atoms with van der Waals surface area (Å²) < 4.78 is 13.0. The molecule has 0 aliphatic carbocycles. The van der Waals surface area contributed by atoms with Gasteiger partial charge < -0.3 is 10.7 Å². The number of anilines is 1. The molecule has 0 saturated carbocycles. The maximum atomic E-state index is 13.0. The van der Waals surface area contributed by atoms with E-state index in [1.54, 1.807) is 13.1 Å². The lowest BCUT2D eigenvalue weighted by molar-refractivity contribution is 0.624. The average molecular weight is 177 g/mol. The molecule has 3 nitrogen and oxygen atoms in total. The highest BCUT2D eigenvalue weighted by atomic mass is 19.1. The smallest absolute Gasteiger partial charge is 0.143 e. The average Bonchev–Trinajstić information content (AvgIpc) is 2.17. The van der Waals surface area contributed by atoms with Crippen molar-refractivity contribution in [2.24, 2.45) is 0 Å². The van der Waals surface area contributed by atoms with Crippen LogP contribution in [0.25, 0.3) is 0 Å². The summed E-state index contributed by atoms with van der Waals surface area (Å²) in [5.41, 5.74) is 0.807. The Morgan fingerprint density at radius 1 is 1.62 bits per heavy atom. The number of hydrogen-bond donors (Lipinski definition) is 2. The highest BCUT2D eigenvalue weighted by Crippen LogP contribution is 2.21. The summed E-state index contributed by atoms with van der Waals surface area (Å²) in [7, 11) is 1.59. The molecule has 66 valence electrons. The molecule has 1 aromatic rings. The van der Waals surface area contributed by atoms with Crippen molar-refractivity contribution in [3.05, 3.63) is 29.1 Å². The zero-order chi connectivity index (χ0) is 9.84. The molecule has 0 radical (unpaired) electrons. The lowest BCUT2D eigenvalue weighted by Gasteiger charge is -2.06. The van der Waals surface area contributed by atoms with E-state index in [0.717, 1.165) is 6.21 Å². The molecule has 0 amide bonds. The van der Waals surface area contributed by atoms with E-state index >= 15 is 0 Å². The van der Waals surface area contributed by atoms with Gasteiger partial charge in [0, 0.05) is 18.8 Å². The Hall–Kier alpha value is -1.89. The standard InChI is InChI=1S/C9H8FN3/c1-13-9-6(4-11)2-3-8(10)7(9)5-12/h2-4,11,13H,1H3. The number of nitrogens with zero attached hydrogens (tertiary/aromatic N) is 1. The summed E-state index contributed by atoms with van der Waals surface area (Å²) in [5.74, 6) is -0.572. The molecule has 0 aliphatic heterocycles. The zero-order valence-corrected chi connectivity index (χ0v) is 7.06. The van der Waals surface area contributed by atoms with Crippen LogP contribution in [0.4, 0.5) is 10.1 Å². The molecule has 0 saturated heterocycles. The second-order valence-corrected chi connectivity index (χ2v) is 2.39. The predicted octanol–water partition coefficient (Wildman–Crippen LogP) is 1.74. The number of hydrogen-bond acceptors (Lipinski definition) is 3.